The molecule has 1 aromatic heterocycles. The van der Waals surface area contributed by atoms with Crippen LogP contribution in [0.1, 0.15) is 50.0 Å². The van der Waals surface area contributed by atoms with Crippen LogP contribution in [0.25, 0.3) is 0 Å². The third-order valence-corrected chi connectivity index (χ3v) is 5.02. The molecular weight excluding hydrogens is 352 g/mol. The van der Waals surface area contributed by atoms with Gasteiger partial charge in [-0.2, -0.15) is 5.10 Å². The van der Waals surface area contributed by atoms with Crippen molar-refractivity contribution in [2.24, 2.45) is 4.99 Å². The lowest BCUT2D eigenvalue weighted by Crippen LogP contribution is -2.46. The molecule has 0 spiro atoms. The molecule has 2 N–H and O–H groups in total. The summed E-state index contributed by atoms with van der Waals surface area (Å²) < 4.78 is 7.11. The highest BCUT2D eigenvalue weighted by Crippen LogP contribution is 2.22. The smallest absolute Gasteiger partial charge is 0.191 e. The first-order chi connectivity index (χ1) is 13.4. The molecule has 1 atom stereocenters. The monoisotopic (exact) mass is 384 g/mol. The van der Waals surface area contributed by atoms with Gasteiger partial charge in [-0.05, 0) is 23.0 Å². The molecule has 0 bridgehead atoms. The van der Waals surface area contributed by atoms with Crippen molar-refractivity contribution in [1.29, 1.82) is 0 Å². The number of benzene rings is 1. The van der Waals surface area contributed by atoms with E-state index in [1.807, 2.05) is 4.68 Å². The zero-order valence-electron chi connectivity index (χ0n) is 17.6. The zero-order chi connectivity index (χ0) is 20.1. The van der Waals surface area contributed by atoms with Gasteiger partial charge in [0.05, 0.1) is 6.54 Å². The Bertz CT molecular complexity index is 803. The normalized spacial score (nSPS) is 17.3. The number of aryl methyl sites for hydroxylation is 1. The van der Waals surface area contributed by atoms with Crippen LogP contribution >= 0.6 is 0 Å². The molecule has 7 heteroatoms. The van der Waals surface area contributed by atoms with Crippen molar-refractivity contribution in [2.75, 3.05) is 14.2 Å². The fraction of sp³-hybridized carbons (Fsp3) is 0.571. The zero-order valence-corrected chi connectivity index (χ0v) is 17.6. The fourth-order valence-electron chi connectivity index (χ4n) is 3.37. The number of ether oxygens (including phenoxy) is 1. The van der Waals surface area contributed by atoms with Crippen molar-refractivity contribution in [3.05, 3.63) is 47.0 Å². The lowest BCUT2D eigenvalue weighted by atomic mass is 9.87. The molecule has 28 heavy (non-hydrogen) atoms. The average molecular weight is 385 g/mol. The first-order valence-electron chi connectivity index (χ1n) is 9.87. The van der Waals surface area contributed by atoms with Gasteiger partial charge in [0.25, 0.3) is 0 Å². The molecule has 1 aliphatic rings. The van der Waals surface area contributed by atoms with Crippen LogP contribution in [-0.2, 0) is 36.3 Å². The number of hydrogen-bond donors (Lipinski definition) is 2. The van der Waals surface area contributed by atoms with Crippen molar-refractivity contribution >= 4 is 5.96 Å². The number of aromatic nitrogens is 3. The molecule has 7 nitrogen and oxygen atoms in total. The molecule has 1 unspecified atom stereocenters. The van der Waals surface area contributed by atoms with Gasteiger partial charge < -0.3 is 15.4 Å². The second kappa shape index (κ2) is 8.73. The van der Waals surface area contributed by atoms with Gasteiger partial charge in [0.15, 0.2) is 11.8 Å². The number of nitrogens with zero attached hydrogens (tertiary/aromatic N) is 4. The second-order valence-electron chi connectivity index (χ2n) is 8.31. The highest BCUT2D eigenvalue weighted by Gasteiger charge is 2.22. The summed E-state index contributed by atoms with van der Waals surface area (Å²) in [5, 5.41) is 11.5. The van der Waals surface area contributed by atoms with Crippen LogP contribution in [0.5, 0.6) is 0 Å². The molecule has 1 aliphatic heterocycles. The molecule has 0 aliphatic carbocycles. The Balaban J connectivity index is 1.53. The molecule has 1 aromatic carbocycles. The van der Waals surface area contributed by atoms with Crippen LogP contribution in [0.3, 0.4) is 0 Å². The molecule has 2 heterocycles. The molecule has 0 radical (unpaired) electrons. The van der Waals surface area contributed by atoms with Crippen LogP contribution in [-0.4, -0.2) is 40.9 Å². The summed E-state index contributed by atoms with van der Waals surface area (Å²) in [7, 11) is 3.47. The van der Waals surface area contributed by atoms with Crippen LogP contribution in [0.4, 0.5) is 0 Å². The Hall–Kier alpha value is -2.41. The van der Waals surface area contributed by atoms with Crippen molar-refractivity contribution in [2.45, 2.75) is 64.8 Å². The molecule has 0 amide bonds. The summed E-state index contributed by atoms with van der Waals surface area (Å²) in [6.45, 7) is 8.67. The number of methoxy groups -OCH3 is 1. The van der Waals surface area contributed by atoms with Gasteiger partial charge in [-0.15, -0.1) is 0 Å². The average Bonchev–Trinajstić information content (AvgIpc) is 3.06. The van der Waals surface area contributed by atoms with E-state index in [0.29, 0.717) is 6.61 Å². The molecule has 0 saturated heterocycles. The van der Waals surface area contributed by atoms with Gasteiger partial charge in [-0.25, -0.2) is 9.67 Å². The van der Waals surface area contributed by atoms with Gasteiger partial charge in [0, 0.05) is 33.2 Å². The Morgan fingerprint density at radius 3 is 2.68 bits per heavy atom. The van der Waals surface area contributed by atoms with Gasteiger partial charge in [-0.3, -0.25) is 4.99 Å². The molecule has 0 saturated carbocycles. The predicted molar refractivity (Wildman–Crippen MR) is 111 cm³/mol. The maximum absolute atomic E-state index is 5.13. The maximum atomic E-state index is 5.13. The van der Waals surface area contributed by atoms with Crippen LogP contribution in [0, 0.1) is 0 Å². The van der Waals surface area contributed by atoms with E-state index < -0.39 is 0 Å². The van der Waals surface area contributed by atoms with Crippen LogP contribution < -0.4 is 10.6 Å². The number of fused-ring (bicyclic) bond motifs is 1. The topological polar surface area (TPSA) is 76.4 Å². The predicted octanol–water partition coefficient (Wildman–Crippen LogP) is 2.40. The summed E-state index contributed by atoms with van der Waals surface area (Å²) >= 11 is 0. The third-order valence-electron chi connectivity index (χ3n) is 5.02. The number of aliphatic imine (C=N–C) groups is 1. The minimum atomic E-state index is 0.174. The summed E-state index contributed by atoms with van der Waals surface area (Å²) in [4.78, 5) is 8.90. The van der Waals surface area contributed by atoms with E-state index in [-0.39, 0.29) is 11.5 Å². The first-order valence-corrected chi connectivity index (χ1v) is 9.87. The lowest BCUT2D eigenvalue weighted by Gasteiger charge is -2.25. The van der Waals surface area contributed by atoms with Crippen molar-refractivity contribution < 1.29 is 4.74 Å². The minimum Gasteiger partial charge on any atom is -0.377 e. The van der Waals surface area contributed by atoms with E-state index in [9.17, 15) is 0 Å². The third kappa shape index (κ3) is 5.10. The number of guanidine groups is 1. The van der Waals surface area contributed by atoms with Crippen LogP contribution in [0.15, 0.2) is 29.3 Å². The number of nitrogens with one attached hydrogen (secondary N) is 2. The van der Waals surface area contributed by atoms with Crippen molar-refractivity contribution in [3.63, 3.8) is 0 Å². The van der Waals surface area contributed by atoms with Crippen molar-refractivity contribution in [3.8, 4) is 0 Å². The Morgan fingerprint density at radius 2 is 2.04 bits per heavy atom. The van der Waals surface area contributed by atoms with Gasteiger partial charge in [-0.1, -0.05) is 45.0 Å². The van der Waals surface area contributed by atoms with Gasteiger partial charge in [0.1, 0.15) is 12.4 Å². The molecule has 0 fully saturated rings. The summed E-state index contributed by atoms with van der Waals surface area (Å²) in [6.07, 6.45) is 1.91. The molecular formula is C21H32N6O. The van der Waals surface area contributed by atoms with E-state index in [4.69, 9.17) is 4.74 Å². The number of hydrogen-bond acceptors (Lipinski definition) is 4. The summed E-state index contributed by atoms with van der Waals surface area (Å²) in [5.74, 6) is 2.59. The highest BCUT2D eigenvalue weighted by molar-refractivity contribution is 5.79. The largest absolute Gasteiger partial charge is 0.377 e. The lowest BCUT2D eigenvalue weighted by molar-refractivity contribution is 0.177. The van der Waals surface area contributed by atoms with E-state index in [0.717, 1.165) is 43.5 Å². The highest BCUT2D eigenvalue weighted by atomic mass is 16.5. The van der Waals surface area contributed by atoms with E-state index in [1.54, 1.807) is 14.2 Å². The standard InChI is InChI=1S/C21H32N6O/c1-21(2,3)16-8-6-15(7-9-16)12-23-20(22-4)24-17-10-11-19-25-18(14-28-5)26-27(19)13-17/h6-9,17H,10-14H2,1-5H3,(H2,22,23,24). The Morgan fingerprint density at radius 1 is 1.29 bits per heavy atom. The van der Waals surface area contributed by atoms with E-state index >= 15 is 0 Å². The molecule has 2 aromatic rings. The van der Waals surface area contributed by atoms with Gasteiger partial charge in [0.2, 0.25) is 0 Å². The first kappa shape index (κ1) is 20.3. The van der Waals surface area contributed by atoms with Gasteiger partial charge >= 0.3 is 0 Å². The van der Waals surface area contributed by atoms with Crippen molar-refractivity contribution in [1.82, 2.24) is 25.4 Å². The molecule has 152 valence electrons. The van der Waals surface area contributed by atoms with E-state index in [2.05, 4.69) is 70.7 Å². The molecule has 3 rings (SSSR count). The summed E-state index contributed by atoms with van der Waals surface area (Å²) in [5.41, 5.74) is 2.76. The number of rotatable bonds is 5. The Kier molecular flexibility index (Phi) is 6.34. The SMILES string of the molecule is CN=C(NCc1ccc(C(C)(C)C)cc1)NC1CCc2nc(COC)nn2C1. The minimum absolute atomic E-state index is 0.174. The maximum Gasteiger partial charge on any atom is 0.191 e. The van der Waals surface area contributed by atoms with E-state index in [1.165, 1.54) is 11.1 Å². The Labute approximate surface area is 167 Å². The second-order valence-corrected chi connectivity index (χ2v) is 8.31. The summed E-state index contributed by atoms with van der Waals surface area (Å²) in [6, 6.07) is 9.05. The quantitative estimate of drug-likeness (QED) is 0.612. The van der Waals surface area contributed by atoms with Crippen LogP contribution in [0.2, 0.25) is 0 Å². The fourth-order valence-corrected chi connectivity index (χ4v) is 3.37.